The molecule has 4 nitrogen and oxygen atoms in total. The van der Waals surface area contributed by atoms with Crippen LogP contribution in [0.1, 0.15) is 31.0 Å². The highest BCUT2D eigenvalue weighted by Gasteiger charge is 2.29. The van der Waals surface area contributed by atoms with Gasteiger partial charge in [0, 0.05) is 31.1 Å². The molecular formula is C10H15N3OS. The fourth-order valence-electron chi connectivity index (χ4n) is 1.86. The number of hydrogen-bond donors (Lipinski definition) is 0. The van der Waals surface area contributed by atoms with Gasteiger partial charge >= 0.3 is 0 Å². The minimum absolute atomic E-state index is 0.491. The van der Waals surface area contributed by atoms with Crippen LogP contribution >= 0.6 is 11.5 Å². The third kappa shape index (κ3) is 1.86. The van der Waals surface area contributed by atoms with E-state index < -0.39 is 0 Å². The van der Waals surface area contributed by atoms with Gasteiger partial charge in [0.1, 0.15) is 5.82 Å². The van der Waals surface area contributed by atoms with Gasteiger partial charge in [-0.05, 0) is 19.3 Å². The lowest BCUT2D eigenvalue weighted by Crippen LogP contribution is -2.31. The Morgan fingerprint density at radius 2 is 2.27 bits per heavy atom. The van der Waals surface area contributed by atoms with E-state index in [1.807, 2.05) is 0 Å². The van der Waals surface area contributed by atoms with Crippen molar-refractivity contribution in [1.82, 2.24) is 9.36 Å². The van der Waals surface area contributed by atoms with Crippen molar-refractivity contribution in [2.24, 2.45) is 0 Å². The van der Waals surface area contributed by atoms with Gasteiger partial charge in [0.15, 0.2) is 0 Å². The van der Waals surface area contributed by atoms with Crippen molar-refractivity contribution in [2.75, 3.05) is 25.2 Å². The molecule has 1 aromatic rings. The molecule has 0 spiro atoms. The largest absolute Gasteiger partial charge is 0.379 e. The van der Waals surface area contributed by atoms with E-state index in [2.05, 4.69) is 21.3 Å². The van der Waals surface area contributed by atoms with Gasteiger partial charge in [0.25, 0.3) is 0 Å². The van der Waals surface area contributed by atoms with E-state index >= 15 is 0 Å². The molecule has 0 N–H and O–H groups in total. The molecule has 1 aliphatic carbocycles. The van der Waals surface area contributed by atoms with Crippen LogP contribution in [0.5, 0.6) is 0 Å². The second-order valence-electron chi connectivity index (χ2n) is 4.34. The molecule has 1 aliphatic heterocycles. The maximum absolute atomic E-state index is 5.38. The molecule has 2 heterocycles. The second-order valence-corrected chi connectivity index (χ2v) is 5.07. The minimum atomic E-state index is 0.491. The van der Waals surface area contributed by atoms with Gasteiger partial charge in [-0.3, -0.25) is 0 Å². The summed E-state index contributed by atoms with van der Waals surface area (Å²) in [7, 11) is 2.09. The number of hydrogen-bond acceptors (Lipinski definition) is 5. The second kappa shape index (κ2) is 3.72. The molecule has 0 amide bonds. The van der Waals surface area contributed by atoms with Crippen molar-refractivity contribution in [3.05, 3.63) is 5.82 Å². The van der Waals surface area contributed by atoms with Crippen LogP contribution in [0.15, 0.2) is 0 Å². The van der Waals surface area contributed by atoms with Crippen molar-refractivity contribution in [3.63, 3.8) is 0 Å². The maximum Gasteiger partial charge on any atom is 0.205 e. The summed E-state index contributed by atoms with van der Waals surface area (Å²) in [6.45, 7) is 1.71. The standard InChI is InChI=1S/C10H15N3OS/c1-13(8-4-5-14-6-8)10-11-9(12-15-10)7-2-3-7/h7-8H,2-6H2,1H3. The predicted octanol–water partition coefficient (Wildman–Crippen LogP) is 1.64. The molecule has 0 bridgehead atoms. The highest BCUT2D eigenvalue weighted by atomic mass is 32.1. The summed E-state index contributed by atoms with van der Waals surface area (Å²) >= 11 is 1.52. The molecule has 2 fully saturated rings. The molecule has 1 atom stereocenters. The Morgan fingerprint density at radius 1 is 1.40 bits per heavy atom. The van der Waals surface area contributed by atoms with Gasteiger partial charge in [-0.25, -0.2) is 4.98 Å². The summed E-state index contributed by atoms with van der Waals surface area (Å²) in [5.41, 5.74) is 0. The van der Waals surface area contributed by atoms with Crippen molar-refractivity contribution in [1.29, 1.82) is 0 Å². The molecule has 1 unspecified atom stereocenters. The SMILES string of the molecule is CN(c1nc(C2CC2)ns1)C1CCOC1. The van der Waals surface area contributed by atoms with Crippen LogP contribution in [0.2, 0.25) is 0 Å². The molecule has 15 heavy (non-hydrogen) atoms. The number of nitrogens with zero attached hydrogens (tertiary/aromatic N) is 3. The zero-order chi connectivity index (χ0) is 10.3. The van der Waals surface area contributed by atoms with Crippen molar-refractivity contribution in [2.45, 2.75) is 31.2 Å². The minimum Gasteiger partial charge on any atom is -0.379 e. The number of ether oxygens (including phenoxy) is 1. The fourth-order valence-corrected chi connectivity index (χ4v) is 2.64. The molecule has 1 aromatic heterocycles. The predicted molar refractivity (Wildman–Crippen MR) is 59.5 cm³/mol. The van der Waals surface area contributed by atoms with Gasteiger partial charge in [0.05, 0.1) is 12.6 Å². The summed E-state index contributed by atoms with van der Waals surface area (Å²) in [4.78, 5) is 6.81. The monoisotopic (exact) mass is 225 g/mol. The first-order valence-electron chi connectivity index (χ1n) is 5.49. The Bertz CT molecular complexity index is 344. The lowest BCUT2D eigenvalue weighted by atomic mass is 10.2. The lowest BCUT2D eigenvalue weighted by molar-refractivity contribution is 0.193. The fraction of sp³-hybridized carbons (Fsp3) is 0.800. The summed E-state index contributed by atoms with van der Waals surface area (Å²) in [5, 5.41) is 1.05. The van der Waals surface area contributed by atoms with Gasteiger partial charge in [-0.1, -0.05) is 0 Å². The molecule has 0 aromatic carbocycles. The Morgan fingerprint density at radius 3 is 2.93 bits per heavy atom. The Hall–Kier alpha value is -0.680. The summed E-state index contributed by atoms with van der Waals surface area (Å²) < 4.78 is 9.80. The van der Waals surface area contributed by atoms with Crippen LogP contribution in [0.4, 0.5) is 5.13 Å². The van der Waals surface area contributed by atoms with E-state index in [1.165, 1.54) is 24.4 Å². The summed E-state index contributed by atoms with van der Waals surface area (Å²) in [5.74, 6) is 1.71. The Labute approximate surface area is 93.4 Å². The van der Waals surface area contributed by atoms with Crippen molar-refractivity contribution < 1.29 is 4.74 Å². The average Bonchev–Trinajstić information content (AvgIpc) is 2.83. The average molecular weight is 225 g/mol. The third-order valence-corrected chi connectivity index (χ3v) is 3.95. The van der Waals surface area contributed by atoms with Gasteiger partial charge in [-0.2, -0.15) is 4.37 Å². The molecule has 3 rings (SSSR count). The van der Waals surface area contributed by atoms with E-state index in [1.54, 1.807) is 0 Å². The van der Waals surface area contributed by atoms with Crippen LogP contribution < -0.4 is 4.90 Å². The van der Waals surface area contributed by atoms with E-state index in [4.69, 9.17) is 4.74 Å². The van der Waals surface area contributed by atoms with Crippen molar-refractivity contribution >= 4 is 16.7 Å². The van der Waals surface area contributed by atoms with Crippen LogP contribution in [0.25, 0.3) is 0 Å². The number of anilines is 1. The Balaban J connectivity index is 1.72. The maximum atomic E-state index is 5.38. The van der Waals surface area contributed by atoms with Gasteiger partial charge < -0.3 is 9.64 Å². The lowest BCUT2D eigenvalue weighted by Gasteiger charge is -2.21. The normalized spacial score (nSPS) is 25.8. The molecule has 1 saturated heterocycles. The van der Waals surface area contributed by atoms with E-state index in [-0.39, 0.29) is 0 Å². The Kier molecular flexibility index (Phi) is 2.36. The first kappa shape index (κ1) is 9.54. The number of aromatic nitrogens is 2. The van der Waals surface area contributed by atoms with Gasteiger partial charge in [-0.15, -0.1) is 0 Å². The molecule has 2 aliphatic rings. The first-order chi connectivity index (χ1) is 7.34. The molecule has 1 saturated carbocycles. The summed E-state index contributed by atoms with van der Waals surface area (Å²) in [6.07, 6.45) is 3.65. The third-order valence-electron chi connectivity index (χ3n) is 3.13. The smallest absolute Gasteiger partial charge is 0.205 e. The quantitative estimate of drug-likeness (QED) is 0.784. The number of likely N-dealkylation sites (N-methyl/N-ethyl adjacent to an activating group) is 1. The van der Waals surface area contributed by atoms with Crippen LogP contribution in [0.3, 0.4) is 0 Å². The molecule has 82 valence electrons. The van der Waals surface area contributed by atoms with E-state index in [0.717, 1.165) is 30.6 Å². The van der Waals surface area contributed by atoms with E-state index in [0.29, 0.717) is 12.0 Å². The first-order valence-corrected chi connectivity index (χ1v) is 6.26. The van der Waals surface area contributed by atoms with Crippen LogP contribution in [0, 0.1) is 0 Å². The molecular weight excluding hydrogens is 210 g/mol. The topological polar surface area (TPSA) is 38.2 Å². The summed E-state index contributed by atoms with van der Waals surface area (Å²) in [6, 6.07) is 0.491. The highest BCUT2D eigenvalue weighted by molar-refractivity contribution is 7.09. The van der Waals surface area contributed by atoms with Crippen LogP contribution in [-0.2, 0) is 4.74 Å². The van der Waals surface area contributed by atoms with Crippen molar-refractivity contribution in [3.8, 4) is 0 Å². The molecule has 0 radical (unpaired) electrons. The zero-order valence-corrected chi connectivity index (χ0v) is 9.66. The van der Waals surface area contributed by atoms with E-state index in [9.17, 15) is 0 Å². The number of rotatable bonds is 3. The molecule has 5 heteroatoms. The highest BCUT2D eigenvalue weighted by Crippen LogP contribution is 2.39. The zero-order valence-electron chi connectivity index (χ0n) is 8.85. The van der Waals surface area contributed by atoms with Crippen LogP contribution in [-0.4, -0.2) is 35.7 Å². The van der Waals surface area contributed by atoms with Gasteiger partial charge in [0.2, 0.25) is 5.13 Å².